The van der Waals surface area contributed by atoms with Gasteiger partial charge in [-0.05, 0) is 72.8 Å². The van der Waals surface area contributed by atoms with Gasteiger partial charge in [-0.1, -0.05) is 17.8 Å². The van der Waals surface area contributed by atoms with E-state index >= 15 is 0 Å². The van der Waals surface area contributed by atoms with Gasteiger partial charge in [0.05, 0.1) is 5.69 Å². The first-order valence-electron chi connectivity index (χ1n) is 11.0. The van der Waals surface area contributed by atoms with E-state index in [1.54, 1.807) is 19.4 Å². The SMILES string of the molecule is CNc1nccc(-c2cccnc2Sc2ccc(NC(=O)c3cccc(-n4cccc4)c3)cc2)n1. The predicted octanol–water partition coefficient (Wildman–Crippen LogP) is 5.77. The lowest BCUT2D eigenvalue weighted by molar-refractivity contribution is 0.102. The van der Waals surface area contributed by atoms with Gasteiger partial charge in [0.1, 0.15) is 5.03 Å². The summed E-state index contributed by atoms with van der Waals surface area (Å²) in [5, 5.41) is 6.78. The first kappa shape index (κ1) is 22.4. The summed E-state index contributed by atoms with van der Waals surface area (Å²) in [7, 11) is 1.79. The molecule has 0 spiro atoms. The maximum Gasteiger partial charge on any atom is 0.255 e. The van der Waals surface area contributed by atoms with Crippen molar-refractivity contribution < 1.29 is 4.79 Å². The number of anilines is 2. The van der Waals surface area contributed by atoms with Gasteiger partial charge < -0.3 is 15.2 Å². The van der Waals surface area contributed by atoms with Gasteiger partial charge in [-0.2, -0.15) is 0 Å². The lowest BCUT2D eigenvalue weighted by Gasteiger charge is -2.10. The van der Waals surface area contributed by atoms with Crippen LogP contribution < -0.4 is 10.6 Å². The second kappa shape index (κ2) is 10.2. The van der Waals surface area contributed by atoms with Crippen molar-refractivity contribution >= 4 is 29.3 Å². The maximum atomic E-state index is 12.8. The Kier molecular flexibility index (Phi) is 6.54. The van der Waals surface area contributed by atoms with Crippen LogP contribution in [-0.2, 0) is 0 Å². The molecule has 35 heavy (non-hydrogen) atoms. The summed E-state index contributed by atoms with van der Waals surface area (Å²) in [4.78, 5) is 27.1. The van der Waals surface area contributed by atoms with E-state index < -0.39 is 0 Å². The van der Waals surface area contributed by atoms with Crippen molar-refractivity contribution in [3.8, 4) is 16.9 Å². The number of rotatable bonds is 7. The van der Waals surface area contributed by atoms with Gasteiger partial charge in [-0.3, -0.25) is 4.79 Å². The highest BCUT2D eigenvalue weighted by Gasteiger charge is 2.11. The third-order valence-electron chi connectivity index (χ3n) is 5.26. The van der Waals surface area contributed by atoms with Crippen LogP contribution in [0.4, 0.5) is 11.6 Å². The van der Waals surface area contributed by atoms with E-state index in [0.717, 1.165) is 32.6 Å². The molecule has 0 aliphatic rings. The topological polar surface area (TPSA) is 84.7 Å². The van der Waals surface area contributed by atoms with Gasteiger partial charge in [-0.25, -0.2) is 15.0 Å². The summed E-state index contributed by atoms with van der Waals surface area (Å²) in [6.45, 7) is 0. The fourth-order valence-corrected chi connectivity index (χ4v) is 4.42. The van der Waals surface area contributed by atoms with Gasteiger partial charge in [-0.15, -0.1) is 0 Å². The van der Waals surface area contributed by atoms with Crippen LogP contribution in [0.5, 0.6) is 0 Å². The second-order valence-corrected chi connectivity index (χ2v) is 8.66. The Morgan fingerprint density at radius 2 is 1.71 bits per heavy atom. The molecule has 0 bridgehead atoms. The van der Waals surface area contributed by atoms with Crippen LogP contribution >= 0.6 is 11.8 Å². The highest BCUT2D eigenvalue weighted by molar-refractivity contribution is 7.99. The van der Waals surface area contributed by atoms with E-state index in [4.69, 9.17) is 0 Å². The Hall–Kier alpha value is -4.43. The lowest BCUT2D eigenvalue weighted by atomic mass is 10.2. The van der Waals surface area contributed by atoms with E-state index in [1.165, 1.54) is 11.8 Å². The van der Waals surface area contributed by atoms with Crippen molar-refractivity contribution in [3.05, 3.63) is 109 Å². The molecule has 0 aliphatic heterocycles. The van der Waals surface area contributed by atoms with E-state index in [0.29, 0.717) is 11.5 Å². The molecule has 3 aromatic heterocycles. The zero-order valence-electron chi connectivity index (χ0n) is 18.9. The number of benzene rings is 2. The van der Waals surface area contributed by atoms with Gasteiger partial charge in [0.2, 0.25) is 5.95 Å². The van der Waals surface area contributed by atoms with Crippen LogP contribution in [0.25, 0.3) is 16.9 Å². The molecule has 2 N–H and O–H groups in total. The normalized spacial score (nSPS) is 10.7. The second-order valence-electron chi connectivity index (χ2n) is 7.59. The molecule has 1 amide bonds. The minimum Gasteiger partial charge on any atom is -0.357 e. The Morgan fingerprint density at radius 1 is 0.886 bits per heavy atom. The molecule has 3 heterocycles. The summed E-state index contributed by atoms with van der Waals surface area (Å²) >= 11 is 1.54. The Labute approximate surface area is 207 Å². The van der Waals surface area contributed by atoms with Crippen molar-refractivity contribution in [3.63, 3.8) is 0 Å². The number of hydrogen-bond donors (Lipinski definition) is 2. The molecule has 7 nitrogen and oxygen atoms in total. The molecule has 8 heteroatoms. The smallest absolute Gasteiger partial charge is 0.255 e. The third-order valence-corrected chi connectivity index (χ3v) is 6.29. The Bertz CT molecular complexity index is 1450. The number of aromatic nitrogens is 4. The van der Waals surface area contributed by atoms with Crippen LogP contribution in [0.3, 0.4) is 0 Å². The molecule has 0 saturated carbocycles. The van der Waals surface area contributed by atoms with Crippen LogP contribution in [0.2, 0.25) is 0 Å². The standard InChI is InChI=1S/C27H22N6OS/c1-28-27-30-15-13-24(32-27)23-8-5-14-29-26(23)35-22-11-9-20(10-12-22)31-25(34)19-6-4-7-21(18-19)33-16-2-3-17-33/h2-18H,1H3,(H,31,34)(H,28,30,32). The number of amides is 1. The fourth-order valence-electron chi connectivity index (χ4n) is 3.53. The first-order chi connectivity index (χ1) is 17.2. The summed E-state index contributed by atoms with van der Waals surface area (Å²) in [5.41, 5.74) is 3.98. The van der Waals surface area contributed by atoms with Crippen molar-refractivity contribution in [2.45, 2.75) is 9.92 Å². The summed E-state index contributed by atoms with van der Waals surface area (Å²) < 4.78 is 1.97. The van der Waals surface area contributed by atoms with Crippen molar-refractivity contribution in [2.24, 2.45) is 0 Å². The van der Waals surface area contributed by atoms with Gasteiger partial charge in [0, 0.05) is 59.2 Å². The van der Waals surface area contributed by atoms with E-state index in [2.05, 4.69) is 25.6 Å². The average Bonchev–Trinajstić information content (AvgIpc) is 3.45. The fraction of sp³-hybridized carbons (Fsp3) is 0.0370. The molecule has 0 aliphatic carbocycles. The molecule has 2 aromatic carbocycles. The minimum absolute atomic E-state index is 0.157. The number of hydrogen-bond acceptors (Lipinski definition) is 6. The largest absolute Gasteiger partial charge is 0.357 e. The summed E-state index contributed by atoms with van der Waals surface area (Å²) in [6, 6.07) is 24.9. The number of carbonyl (C=O) groups is 1. The molecule has 5 rings (SSSR count). The number of carbonyl (C=O) groups excluding carboxylic acids is 1. The van der Waals surface area contributed by atoms with Crippen LogP contribution in [0, 0.1) is 0 Å². The molecule has 0 radical (unpaired) electrons. The molecule has 0 atom stereocenters. The average molecular weight is 479 g/mol. The van der Waals surface area contributed by atoms with Crippen molar-refractivity contribution in [2.75, 3.05) is 17.7 Å². The van der Waals surface area contributed by atoms with E-state index in [1.807, 2.05) is 95.8 Å². The lowest BCUT2D eigenvalue weighted by Crippen LogP contribution is -2.12. The summed E-state index contributed by atoms with van der Waals surface area (Å²) in [5.74, 6) is 0.400. The molecule has 172 valence electrons. The van der Waals surface area contributed by atoms with E-state index in [9.17, 15) is 4.79 Å². The Morgan fingerprint density at radius 3 is 2.51 bits per heavy atom. The summed E-state index contributed by atoms with van der Waals surface area (Å²) in [6.07, 6.45) is 7.39. The first-order valence-corrected chi connectivity index (χ1v) is 11.8. The van der Waals surface area contributed by atoms with Gasteiger partial charge >= 0.3 is 0 Å². The third kappa shape index (κ3) is 5.23. The van der Waals surface area contributed by atoms with Crippen molar-refractivity contribution in [1.82, 2.24) is 19.5 Å². The highest BCUT2D eigenvalue weighted by Crippen LogP contribution is 2.34. The predicted molar refractivity (Wildman–Crippen MR) is 139 cm³/mol. The number of nitrogens with zero attached hydrogens (tertiary/aromatic N) is 4. The quantitative estimate of drug-likeness (QED) is 0.309. The van der Waals surface area contributed by atoms with Crippen LogP contribution in [-0.4, -0.2) is 32.5 Å². The minimum atomic E-state index is -0.157. The monoisotopic (exact) mass is 478 g/mol. The molecule has 0 saturated heterocycles. The molecule has 5 aromatic rings. The zero-order chi connectivity index (χ0) is 24.0. The molecule has 0 fully saturated rings. The number of pyridine rings is 1. The van der Waals surface area contributed by atoms with Crippen LogP contribution in [0.15, 0.2) is 114 Å². The van der Waals surface area contributed by atoms with Crippen LogP contribution in [0.1, 0.15) is 10.4 Å². The number of nitrogens with one attached hydrogen (secondary N) is 2. The van der Waals surface area contributed by atoms with Crippen molar-refractivity contribution in [1.29, 1.82) is 0 Å². The van der Waals surface area contributed by atoms with Gasteiger partial charge in [0.15, 0.2) is 0 Å². The molecular weight excluding hydrogens is 456 g/mol. The molecule has 0 unspecified atom stereocenters. The van der Waals surface area contributed by atoms with Gasteiger partial charge in [0.25, 0.3) is 5.91 Å². The Balaban J connectivity index is 1.30. The van der Waals surface area contributed by atoms with E-state index in [-0.39, 0.29) is 5.91 Å². The molecular formula is C27H22N6OS. The maximum absolute atomic E-state index is 12.8. The zero-order valence-corrected chi connectivity index (χ0v) is 19.7. The highest BCUT2D eigenvalue weighted by atomic mass is 32.2.